The van der Waals surface area contributed by atoms with Crippen LogP contribution < -0.4 is 10.5 Å². The normalized spacial score (nSPS) is 11.0. The van der Waals surface area contributed by atoms with Gasteiger partial charge in [0.05, 0.1) is 17.1 Å². The lowest BCUT2D eigenvalue weighted by Crippen LogP contribution is -2.19. The molecule has 0 radical (unpaired) electrons. The maximum absolute atomic E-state index is 10.9. The average molecular weight is 450 g/mol. The fraction of sp³-hybridized carbons (Fsp3) is 0.111. The molecule has 5 aromatic rings. The predicted octanol–water partition coefficient (Wildman–Crippen LogP) is 4.61. The molecule has 0 aliphatic rings. The molecule has 0 saturated carbocycles. The maximum atomic E-state index is 10.9. The highest BCUT2D eigenvalue weighted by Crippen LogP contribution is 2.34. The van der Waals surface area contributed by atoms with Crippen molar-refractivity contribution >= 4 is 11.6 Å². The number of pyridine rings is 3. The van der Waals surface area contributed by atoms with Crippen molar-refractivity contribution in [2.45, 2.75) is 13.8 Å². The van der Waals surface area contributed by atoms with Crippen LogP contribution >= 0.6 is 0 Å². The van der Waals surface area contributed by atoms with Crippen molar-refractivity contribution in [1.82, 2.24) is 19.4 Å². The van der Waals surface area contributed by atoms with Crippen LogP contribution in [0.4, 0.5) is 0 Å². The second kappa shape index (κ2) is 8.78. The first kappa shape index (κ1) is 21.3. The lowest BCUT2D eigenvalue weighted by Gasteiger charge is -2.09. The molecule has 5 rings (SSSR count). The molecule has 4 aromatic heterocycles. The molecule has 0 atom stereocenters. The summed E-state index contributed by atoms with van der Waals surface area (Å²) in [5, 5.41) is 0. The second-order valence-electron chi connectivity index (χ2n) is 8.07. The highest BCUT2D eigenvalue weighted by atomic mass is 16.5. The molecule has 0 spiro atoms. The zero-order chi connectivity index (χ0) is 23.7. The van der Waals surface area contributed by atoms with Crippen molar-refractivity contribution in [2.75, 3.05) is 6.61 Å². The number of amides is 1. The number of nitrogens with zero attached hydrogens (tertiary/aromatic N) is 4. The number of fused-ring (bicyclic) bond motifs is 1. The summed E-state index contributed by atoms with van der Waals surface area (Å²) in [5.74, 6) is 0.0596. The molecule has 34 heavy (non-hydrogen) atoms. The first-order chi connectivity index (χ1) is 16.5. The lowest BCUT2D eigenvalue weighted by molar-refractivity contribution is -0.119. The van der Waals surface area contributed by atoms with E-state index >= 15 is 0 Å². The Labute approximate surface area is 196 Å². The van der Waals surface area contributed by atoms with Crippen LogP contribution in [-0.2, 0) is 4.79 Å². The highest BCUT2D eigenvalue weighted by molar-refractivity contribution is 5.83. The molecule has 4 heterocycles. The molecule has 0 aliphatic carbocycles. The van der Waals surface area contributed by atoms with Gasteiger partial charge in [-0.3, -0.25) is 19.2 Å². The molecule has 0 aliphatic heterocycles. The predicted molar refractivity (Wildman–Crippen MR) is 131 cm³/mol. The number of ether oxygens (including phenoxy) is 1. The summed E-state index contributed by atoms with van der Waals surface area (Å²) in [6, 6.07) is 21.5. The van der Waals surface area contributed by atoms with Crippen molar-refractivity contribution in [3.8, 4) is 39.7 Å². The SMILES string of the molecule is Cc1cccc(-c2nc3c(C)cccn3c2-c2ccnc(-c3ccc(OCC(N)=O)cc3)c2)n1. The highest BCUT2D eigenvalue weighted by Gasteiger charge is 2.18. The van der Waals surface area contributed by atoms with E-state index in [0.717, 1.165) is 50.8 Å². The van der Waals surface area contributed by atoms with E-state index in [-0.39, 0.29) is 6.61 Å². The number of hydrogen-bond donors (Lipinski definition) is 1. The van der Waals surface area contributed by atoms with E-state index in [1.807, 2.05) is 61.7 Å². The molecule has 2 N–H and O–H groups in total. The van der Waals surface area contributed by atoms with Crippen LogP contribution in [0.3, 0.4) is 0 Å². The number of primary amides is 1. The van der Waals surface area contributed by atoms with E-state index in [2.05, 4.69) is 22.4 Å². The third-order valence-corrected chi connectivity index (χ3v) is 5.54. The average Bonchev–Trinajstić information content (AvgIpc) is 3.24. The Bertz CT molecular complexity index is 1510. The second-order valence-corrected chi connectivity index (χ2v) is 8.07. The lowest BCUT2D eigenvalue weighted by atomic mass is 10.0. The van der Waals surface area contributed by atoms with Crippen LogP contribution in [0.1, 0.15) is 11.3 Å². The smallest absolute Gasteiger partial charge is 0.255 e. The molecule has 0 saturated heterocycles. The van der Waals surface area contributed by atoms with E-state index in [1.54, 1.807) is 18.3 Å². The summed E-state index contributed by atoms with van der Waals surface area (Å²) >= 11 is 0. The van der Waals surface area contributed by atoms with E-state index in [0.29, 0.717) is 5.75 Å². The fourth-order valence-corrected chi connectivity index (χ4v) is 3.95. The van der Waals surface area contributed by atoms with Crippen molar-refractivity contribution in [2.24, 2.45) is 5.73 Å². The number of aryl methyl sites for hydroxylation is 2. The molecule has 1 aromatic carbocycles. The van der Waals surface area contributed by atoms with E-state index < -0.39 is 5.91 Å². The summed E-state index contributed by atoms with van der Waals surface area (Å²) in [7, 11) is 0. The Morgan fingerprint density at radius 2 is 1.76 bits per heavy atom. The third-order valence-electron chi connectivity index (χ3n) is 5.54. The number of aromatic nitrogens is 4. The van der Waals surface area contributed by atoms with Crippen molar-refractivity contribution in [3.05, 3.63) is 90.4 Å². The minimum atomic E-state index is -0.513. The Balaban J connectivity index is 1.61. The number of benzene rings is 1. The van der Waals surface area contributed by atoms with E-state index in [4.69, 9.17) is 20.4 Å². The minimum absolute atomic E-state index is 0.156. The summed E-state index contributed by atoms with van der Waals surface area (Å²) in [6.07, 6.45) is 3.82. The maximum Gasteiger partial charge on any atom is 0.255 e. The van der Waals surface area contributed by atoms with Gasteiger partial charge in [0.15, 0.2) is 6.61 Å². The topological polar surface area (TPSA) is 95.4 Å². The quantitative estimate of drug-likeness (QED) is 0.409. The van der Waals surface area contributed by atoms with Crippen LogP contribution in [-0.4, -0.2) is 31.9 Å². The van der Waals surface area contributed by atoms with E-state index in [1.165, 1.54) is 0 Å². The molecule has 0 bridgehead atoms. The van der Waals surface area contributed by atoms with Crippen LogP contribution in [0.25, 0.3) is 39.5 Å². The van der Waals surface area contributed by atoms with Gasteiger partial charge in [0.2, 0.25) is 0 Å². The molecule has 0 unspecified atom stereocenters. The Morgan fingerprint density at radius 1 is 0.941 bits per heavy atom. The minimum Gasteiger partial charge on any atom is -0.484 e. The Kier molecular flexibility index (Phi) is 5.51. The van der Waals surface area contributed by atoms with Gasteiger partial charge < -0.3 is 10.5 Å². The first-order valence-electron chi connectivity index (χ1n) is 10.9. The van der Waals surface area contributed by atoms with Gasteiger partial charge >= 0.3 is 0 Å². The van der Waals surface area contributed by atoms with Gasteiger partial charge in [-0.1, -0.05) is 12.1 Å². The molecule has 168 valence electrons. The van der Waals surface area contributed by atoms with Crippen molar-refractivity contribution < 1.29 is 9.53 Å². The Hall–Kier alpha value is -4.52. The standard InChI is InChI=1S/C27H23N5O2/c1-17-5-4-14-32-26(25(31-27(17)32)22-7-3-6-18(2)30-22)20-12-13-29-23(15-20)19-8-10-21(11-9-19)34-16-24(28)33/h3-15H,16H2,1-2H3,(H2,28,33). The third kappa shape index (κ3) is 4.11. The largest absolute Gasteiger partial charge is 0.484 e. The number of hydrogen-bond acceptors (Lipinski definition) is 5. The molecule has 7 heteroatoms. The van der Waals surface area contributed by atoms with Gasteiger partial charge in [-0.2, -0.15) is 0 Å². The molecule has 0 fully saturated rings. The number of carbonyl (C=O) groups excluding carboxylic acids is 1. The Morgan fingerprint density at radius 3 is 2.53 bits per heavy atom. The van der Waals surface area contributed by atoms with Crippen molar-refractivity contribution in [1.29, 1.82) is 0 Å². The number of imidazole rings is 1. The summed E-state index contributed by atoms with van der Waals surface area (Å²) in [6.45, 7) is 3.88. The zero-order valence-corrected chi connectivity index (χ0v) is 18.9. The van der Waals surface area contributed by atoms with Gasteiger partial charge in [-0.15, -0.1) is 0 Å². The molecule has 1 amide bonds. The molecule has 7 nitrogen and oxygen atoms in total. The summed E-state index contributed by atoms with van der Waals surface area (Å²) in [5.41, 5.74) is 13.4. The van der Waals surface area contributed by atoms with Gasteiger partial charge in [-0.25, -0.2) is 4.98 Å². The van der Waals surface area contributed by atoms with Gasteiger partial charge in [-0.05, 0) is 74.0 Å². The van der Waals surface area contributed by atoms with Gasteiger partial charge in [0.1, 0.15) is 17.1 Å². The molecular weight excluding hydrogens is 426 g/mol. The molecular formula is C27H23N5O2. The van der Waals surface area contributed by atoms with Gasteiger partial charge in [0.25, 0.3) is 5.91 Å². The number of nitrogens with two attached hydrogens (primary N) is 1. The van der Waals surface area contributed by atoms with Crippen LogP contribution in [0, 0.1) is 13.8 Å². The van der Waals surface area contributed by atoms with Crippen LogP contribution in [0.2, 0.25) is 0 Å². The van der Waals surface area contributed by atoms with Crippen molar-refractivity contribution in [3.63, 3.8) is 0 Å². The van der Waals surface area contributed by atoms with Gasteiger partial charge in [0, 0.05) is 29.2 Å². The summed E-state index contributed by atoms with van der Waals surface area (Å²) in [4.78, 5) is 25.2. The van der Waals surface area contributed by atoms with Crippen LogP contribution in [0.15, 0.2) is 79.1 Å². The number of rotatable bonds is 6. The number of carbonyl (C=O) groups is 1. The monoisotopic (exact) mass is 449 g/mol. The van der Waals surface area contributed by atoms with Crippen LogP contribution in [0.5, 0.6) is 5.75 Å². The fourth-order valence-electron chi connectivity index (χ4n) is 3.95. The first-order valence-corrected chi connectivity index (χ1v) is 10.9. The summed E-state index contributed by atoms with van der Waals surface area (Å²) < 4.78 is 7.47. The zero-order valence-electron chi connectivity index (χ0n) is 18.9. The van der Waals surface area contributed by atoms with E-state index in [9.17, 15) is 4.79 Å².